The van der Waals surface area contributed by atoms with Crippen molar-refractivity contribution in [3.63, 3.8) is 0 Å². The largest absolute Gasteiger partial charge is 0.481 e. The minimum Gasteiger partial charge on any atom is -0.481 e. The highest BCUT2D eigenvalue weighted by molar-refractivity contribution is 6.30. The Balaban J connectivity index is 1.56. The van der Waals surface area contributed by atoms with Crippen molar-refractivity contribution in [2.45, 2.75) is 26.5 Å². The van der Waals surface area contributed by atoms with Gasteiger partial charge in [-0.2, -0.15) is 10.1 Å². The van der Waals surface area contributed by atoms with Gasteiger partial charge in [0.15, 0.2) is 6.10 Å². The molecule has 0 spiro atoms. The molecule has 0 bridgehead atoms. The molecule has 2 aromatic heterocycles. The number of hydrogen-bond donors (Lipinski definition) is 0. The van der Waals surface area contributed by atoms with Crippen LogP contribution in [0.25, 0.3) is 22.6 Å². The summed E-state index contributed by atoms with van der Waals surface area (Å²) in [5, 5.41) is 9.06. The van der Waals surface area contributed by atoms with Crippen molar-refractivity contribution in [1.82, 2.24) is 19.9 Å². The van der Waals surface area contributed by atoms with E-state index in [1.165, 1.54) is 0 Å². The van der Waals surface area contributed by atoms with E-state index in [1.54, 1.807) is 18.3 Å². The predicted molar refractivity (Wildman–Crippen MR) is 107 cm³/mol. The fraction of sp³-hybridized carbons (Fsp3) is 0.190. The summed E-state index contributed by atoms with van der Waals surface area (Å²) in [5.41, 5.74) is 2.96. The number of hydrogen-bond acceptors (Lipinski definition) is 5. The molecule has 0 aliphatic heterocycles. The molecule has 6 nitrogen and oxygen atoms in total. The van der Waals surface area contributed by atoms with Gasteiger partial charge in [0.25, 0.3) is 5.89 Å². The molecule has 4 rings (SSSR count). The second-order valence-electron chi connectivity index (χ2n) is 6.29. The van der Waals surface area contributed by atoms with Crippen LogP contribution in [0.5, 0.6) is 5.75 Å². The normalized spacial score (nSPS) is 12.1. The molecule has 28 heavy (non-hydrogen) atoms. The molecule has 0 fully saturated rings. The van der Waals surface area contributed by atoms with E-state index in [2.05, 4.69) is 22.2 Å². The Morgan fingerprint density at radius 2 is 1.93 bits per heavy atom. The fourth-order valence-corrected chi connectivity index (χ4v) is 3.14. The lowest BCUT2D eigenvalue weighted by molar-refractivity contribution is 0.176. The molecule has 2 heterocycles. The van der Waals surface area contributed by atoms with Gasteiger partial charge in [-0.05, 0) is 44.2 Å². The Hall–Kier alpha value is -3.12. The third-order valence-corrected chi connectivity index (χ3v) is 4.57. The molecule has 0 radical (unpaired) electrons. The maximum atomic E-state index is 6.00. The maximum absolute atomic E-state index is 6.00. The lowest BCUT2D eigenvalue weighted by atomic mass is 10.1. The van der Waals surface area contributed by atoms with E-state index in [1.807, 2.05) is 54.1 Å². The summed E-state index contributed by atoms with van der Waals surface area (Å²) in [6.07, 6.45) is 1.40. The van der Waals surface area contributed by atoms with E-state index >= 15 is 0 Å². The first-order chi connectivity index (χ1) is 13.6. The maximum Gasteiger partial charge on any atom is 0.267 e. The summed E-state index contributed by atoms with van der Waals surface area (Å²) in [7, 11) is 0. The molecule has 0 saturated heterocycles. The summed E-state index contributed by atoms with van der Waals surface area (Å²) >= 11 is 6.00. The van der Waals surface area contributed by atoms with Crippen LogP contribution in [-0.2, 0) is 6.54 Å². The summed E-state index contributed by atoms with van der Waals surface area (Å²) < 4.78 is 13.2. The lowest BCUT2D eigenvalue weighted by Gasteiger charge is -2.10. The minimum atomic E-state index is -0.399. The molecule has 1 atom stereocenters. The Kier molecular flexibility index (Phi) is 5.12. The van der Waals surface area contributed by atoms with E-state index in [9.17, 15) is 0 Å². The molecule has 0 aliphatic rings. The Bertz CT molecular complexity index is 1090. The van der Waals surface area contributed by atoms with Crippen LogP contribution in [0.2, 0.25) is 5.02 Å². The lowest BCUT2D eigenvalue weighted by Crippen LogP contribution is -2.03. The van der Waals surface area contributed by atoms with Gasteiger partial charge in [-0.25, -0.2) is 0 Å². The highest BCUT2D eigenvalue weighted by Gasteiger charge is 2.17. The molecule has 0 saturated carbocycles. The van der Waals surface area contributed by atoms with Gasteiger partial charge in [0, 0.05) is 28.9 Å². The predicted octanol–water partition coefficient (Wildman–Crippen LogP) is 5.41. The zero-order valence-corrected chi connectivity index (χ0v) is 16.3. The Labute approximate surface area is 167 Å². The molecule has 7 heteroatoms. The number of benzene rings is 2. The summed E-state index contributed by atoms with van der Waals surface area (Å²) in [4.78, 5) is 4.51. The van der Waals surface area contributed by atoms with Crippen LogP contribution in [0.3, 0.4) is 0 Å². The van der Waals surface area contributed by atoms with E-state index in [4.69, 9.17) is 20.9 Å². The van der Waals surface area contributed by atoms with Gasteiger partial charge in [-0.15, -0.1) is 0 Å². The van der Waals surface area contributed by atoms with Crippen molar-refractivity contribution in [2.75, 3.05) is 0 Å². The second-order valence-corrected chi connectivity index (χ2v) is 6.72. The smallest absolute Gasteiger partial charge is 0.267 e. The number of rotatable bonds is 6. The first kappa shape index (κ1) is 18.3. The van der Waals surface area contributed by atoms with E-state index in [-0.39, 0.29) is 0 Å². The van der Waals surface area contributed by atoms with Gasteiger partial charge in [0.05, 0.1) is 5.69 Å². The Morgan fingerprint density at radius 3 is 2.75 bits per heavy atom. The van der Waals surface area contributed by atoms with Crippen LogP contribution in [-0.4, -0.2) is 19.9 Å². The van der Waals surface area contributed by atoms with Crippen LogP contribution in [0.15, 0.2) is 65.3 Å². The second kappa shape index (κ2) is 7.86. The molecule has 142 valence electrons. The number of ether oxygens (including phenoxy) is 1. The zero-order chi connectivity index (χ0) is 19.5. The molecule has 0 aliphatic carbocycles. The first-order valence-electron chi connectivity index (χ1n) is 9.02. The molecular weight excluding hydrogens is 376 g/mol. The van der Waals surface area contributed by atoms with Crippen LogP contribution in [0.4, 0.5) is 0 Å². The fourth-order valence-electron chi connectivity index (χ4n) is 2.96. The first-order valence-corrected chi connectivity index (χ1v) is 9.40. The van der Waals surface area contributed by atoms with Crippen molar-refractivity contribution in [3.05, 3.63) is 71.7 Å². The number of halogens is 1. The molecule has 0 N–H and O–H groups in total. The molecule has 2 aromatic carbocycles. The third-order valence-electron chi connectivity index (χ3n) is 4.33. The van der Waals surface area contributed by atoms with Crippen molar-refractivity contribution in [2.24, 2.45) is 0 Å². The monoisotopic (exact) mass is 394 g/mol. The van der Waals surface area contributed by atoms with Gasteiger partial charge in [-0.3, -0.25) is 4.68 Å². The third kappa shape index (κ3) is 3.77. The van der Waals surface area contributed by atoms with E-state index in [0.29, 0.717) is 22.5 Å². The van der Waals surface area contributed by atoms with Gasteiger partial charge < -0.3 is 9.26 Å². The molecular formula is C21H19ClN4O2. The number of aryl methyl sites for hydroxylation is 1. The van der Waals surface area contributed by atoms with Crippen LogP contribution in [0, 0.1) is 0 Å². The highest BCUT2D eigenvalue weighted by Crippen LogP contribution is 2.27. The van der Waals surface area contributed by atoms with Gasteiger partial charge in [0.2, 0.25) is 5.82 Å². The zero-order valence-electron chi connectivity index (χ0n) is 15.5. The summed E-state index contributed by atoms with van der Waals surface area (Å²) in [6.45, 7) is 4.72. The standard InChI is InChI=1S/C21H19ClN4O2/c1-3-26-19(10-11-23-26)15-6-4-7-16(12-15)20-24-21(28-25-20)14(2)27-18-9-5-8-17(22)13-18/h4-14H,3H2,1-2H3/t14-/m0/s1. The summed E-state index contributed by atoms with van der Waals surface area (Å²) in [6, 6.07) is 17.2. The summed E-state index contributed by atoms with van der Waals surface area (Å²) in [5.74, 6) is 1.56. The number of nitrogens with zero attached hydrogens (tertiary/aromatic N) is 4. The van der Waals surface area contributed by atoms with Crippen molar-refractivity contribution < 1.29 is 9.26 Å². The van der Waals surface area contributed by atoms with Crippen LogP contribution >= 0.6 is 11.6 Å². The van der Waals surface area contributed by atoms with Crippen molar-refractivity contribution in [1.29, 1.82) is 0 Å². The average molecular weight is 395 g/mol. The van der Waals surface area contributed by atoms with Gasteiger partial charge >= 0.3 is 0 Å². The molecule has 0 amide bonds. The average Bonchev–Trinajstić information content (AvgIpc) is 3.38. The SMILES string of the molecule is CCn1nccc1-c1cccc(-c2noc([C@H](C)Oc3cccc(Cl)c3)n2)c1. The van der Waals surface area contributed by atoms with Crippen LogP contribution < -0.4 is 4.74 Å². The van der Waals surface area contributed by atoms with E-state index in [0.717, 1.165) is 23.4 Å². The van der Waals surface area contributed by atoms with E-state index < -0.39 is 6.10 Å². The molecule has 0 unspecified atom stereocenters. The van der Waals surface area contributed by atoms with Crippen molar-refractivity contribution in [3.8, 4) is 28.4 Å². The highest BCUT2D eigenvalue weighted by atomic mass is 35.5. The van der Waals surface area contributed by atoms with Crippen molar-refractivity contribution >= 4 is 11.6 Å². The Morgan fingerprint density at radius 1 is 1.11 bits per heavy atom. The van der Waals surface area contributed by atoms with Gasteiger partial charge in [-0.1, -0.05) is 41.0 Å². The quantitative estimate of drug-likeness (QED) is 0.437. The molecule has 4 aromatic rings. The van der Waals surface area contributed by atoms with Crippen LogP contribution in [0.1, 0.15) is 25.8 Å². The number of aromatic nitrogens is 4. The minimum absolute atomic E-state index is 0.399. The van der Waals surface area contributed by atoms with Gasteiger partial charge in [0.1, 0.15) is 5.75 Å². The topological polar surface area (TPSA) is 66.0 Å².